The highest BCUT2D eigenvalue weighted by Crippen LogP contribution is 2.37. The van der Waals surface area contributed by atoms with Crippen LogP contribution in [0.1, 0.15) is 28.5 Å². The number of alkyl halides is 3. The first-order chi connectivity index (χ1) is 13.6. The summed E-state index contributed by atoms with van der Waals surface area (Å²) in [4.78, 5) is 29.0. The second-order valence-corrected chi connectivity index (χ2v) is 7.15. The number of pyridine rings is 1. The molecule has 3 aromatic rings. The zero-order chi connectivity index (χ0) is 21.2. The lowest BCUT2D eigenvalue weighted by Crippen LogP contribution is -2.18. The zero-order valence-electron chi connectivity index (χ0n) is 15.4. The van der Waals surface area contributed by atoms with Crippen LogP contribution in [0, 0.1) is 6.92 Å². The lowest BCUT2D eigenvalue weighted by molar-refractivity contribution is -0.137. The topological polar surface area (TPSA) is 71.1 Å². The monoisotopic (exact) mass is 419 g/mol. The molecular formula is C20H16F3N3O2S. The molecular weight excluding hydrogens is 403 g/mol. The summed E-state index contributed by atoms with van der Waals surface area (Å²) < 4.78 is 40.3. The summed E-state index contributed by atoms with van der Waals surface area (Å²) in [5, 5.41) is 6.50. The molecule has 0 atom stereocenters. The van der Waals surface area contributed by atoms with E-state index in [2.05, 4.69) is 15.6 Å². The van der Waals surface area contributed by atoms with Crippen LogP contribution in [0.4, 0.5) is 24.5 Å². The maximum Gasteiger partial charge on any atom is 0.418 e. The van der Waals surface area contributed by atoms with E-state index in [9.17, 15) is 22.8 Å². The Morgan fingerprint density at radius 2 is 1.83 bits per heavy atom. The van der Waals surface area contributed by atoms with Crippen LogP contribution in [-0.2, 0) is 11.0 Å². The van der Waals surface area contributed by atoms with E-state index < -0.39 is 29.2 Å². The van der Waals surface area contributed by atoms with Crippen molar-refractivity contribution < 1.29 is 22.8 Å². The van der Waals surface area contributed by atoms with Crippen LogP contribution in [0.3, 0.4) is 0 Å². The molecule has 0 spiro atoms. The van der Waals surface area contributed by atoms with Gasteiger partial charge in [-0.1, -0.05) is 6.07 Å². The van der Waals surface area contributed by atoms with E-state index in [-0.39, 0.29) is 11.3 Å². The largest absolute Gasteiger partial charge is 0.418 e. The Labute approximate surface area is 168 Å². The zero-order valence-corrected chi connectivity index (χ0v) is 16.2. The molecule has 0 aliphatic carbocycles. The first-order valence-corrected chi connectivity index (χ1v) is 9.35. The second kappa shape index (κ2) is 8.04. The molecule has 0 bridgehead atoms. The molecule has 0 saturated carbocycles. The number of thiophene rings is 1. The lowest BCUT2D eigenvalue weighted by atomic mass is 10.1. The van der Waals surface area contributed by atoms with E-state index in [1.807, 2.05) is 17.5 Å². The maximum absolute atomic E-state index is 13.4. The van der Waals surface area contributed by atoms with E-state index >= 15 is 0 Å². The molecule has 2 N–H and O–H groups in total. The van der Waals surface area contributed by atoms with E-state index in [4.69, 9.17) is 0 Å². The fourth-order valence-electron chi connectivity index (χ4n) is 2.72. The van der Waals surface area contributed by atoms with Gasteiger partial charge in [-0.25, -0.2) is 0 Å². The third kappa shape index (κ3) is 4.80. The molecule has 29 heavy (non-hydrogen) atoms. The van der Waals surface area contributed by atoms with Gasteiger partial charge in [-0.3, -0.25) is 14.6 Å². The molecule has 0 aliphatic rings. The summed E-state index contributed by atoms with van der Waals surface area (Å²) in [5.41, 5.74) is -0.219. The van der Waals surface area contributed by atoms with Crippen molar-refractivity contribution in [2.45, 2.75) is 20.0 Å². The van der Waals surface area contributed by atoms with Gasteiger partial charge in [-0.05, 0) is 48.7 Å². The molecule has 5 nitrogen and oxygen atoms in total. The van der Waals surface area contributed by atoms with Crippen molar-refractivity contribution in [3.63, 3.8) is 0 Å². The fraction of sp³-hybridized carbons (Fsp3) is 0.150. The average Bonchev–Trinajstić information content (AvgIpc) is 3.16. The Kier molecular flexibility index (Phi) is 5.69. The number of benzene rings is 1. The summed E-state index contributed by atoms with van der Waals surface area (Å²) in [6.07, 6.45) is -4.71. The average molecular weight is 419 g/mol. The summed E-state index contributed by atoms with van der Waals surface area (Å²) in [5.74, 6) is -1.20. The number of carbonyl (C=O) groups excluding carboxylic acids is 2. The normalized spacial score (nSPS) is 11.2. The van der Waals surface area contributed by atoms with E-state index in [1.54, 1.807) is 13.0 Å². The Hall–Kier alpha value is -3.20. The number of hydrogen-bond donors (Lipinski definition) is 2. The number of nitrogens with one attached hydrogen (secondary N) is 2. The highest BCUT2D eigenvalue weighted by atomic mass is 32.1. The van der Waals surface area contributed by atoms with Gasteiger partial charge in [0, 0.05) is 12.6 Å². The van der Waals surface area contributed by atoms with Gasteiger partial charge in [0.2, 0.25) is 5.91 Å². The van der Waals surface area contributed by atoms with Crippen molar-refractivity contribution in [1.82, 2.24) is 4.98 Å². The Morgan fingerprint density at radius 1 is 1.07 bits per heavy atom. The minimum absolute atomic E-state index is 0.0130. The highest BCUT2D eigenvalue weighted by molar-refractivity contribution is 7.13. The molecule has 2 amide bonds. The molecule has 0 aliphatic heterocycles. The number of anilines is 2. The number of nitrogens with zero attached hydrogens (tertiary/aromatic N) is 1. The van der Waals surface area contributed by atoms with E-state index in [0.717, 1.165) is 17.0 Å². The van der Waals surface area contributed by atoms with Crippen molar-refractivity contribution in [3.8, 4) is 10.6 Å². The fourth-order valence-corrected chi connectivity index (χ4v) is 3.42. The van der Waals surface area contributed by atoms with Crippen LogP contribution >= 0.6 is 11.3 Å². The predicted molar refractivity (Wildman–Crippen MR) is 106 cm³/mol. The van der Waals surface area contributed by atoms with Crippen LogP contribution in [-0.4, -0.2) is 16.8 Å². The van der Waals surface area contributed by atoms with Crippen LogP contribution in [0.5, 0.6) is 0 Å². The SMILES string of the molecule is CC(=O)Nc1ccc(NC(=O)c2ccc(-c3cccs3)nc2C)c(C(F)(F)F)c1. The molecule has 0 fully saturated rings. The van der Waals surface area contributed by atoms with Crippen molar-refractivity contribution in [1.29, 1.82) is 0 Å². The van der Waals surface area contributed by atoms with Gasteiger partial charge in [-0.2, -0.15) is 13.2 Å². The number of halogens is 3. The number of carbonyl (C=O) groups is 2. The molecule has 2 heterocycles. The van der Waals surface area contributed by atoms with Gasteiger partial charge in [-0.15, -0.1) is 11.3 Å². The first kappa shape index (κ1) is 20.5. The molecule has 3 rings (SSSR count). The number of aromatic nitrogens is 1. The molecule has 150 valence electrons. The van der Waals surface area contributed by atoms with Gasteiger partial charge in [0.25, 0.3) is 5.91 Å². The summed E-state index contributed by atoms with van der Waals surface area (Å²) in [6, 6.07) is 10.1. The third-order valence-corrected chi connectivity index (χ3v) is 4.89. The van der Waals surface area contributed by atoms with Crippen molar-refractivity contribution in [2.75, 3.05) is 10.6 Å². The van der Waals surface area contributed by atoms with Crippen LogP contribution in [0.25, 0.3) is 10.6 Å². The molecule has 2 aromatic heterocycles. The lowest BCUT2D eigenvalue weighted by Gasteiger charge is -2.16. The van der Waals surface area contributed by atoms with Crippen molar-refractivity contribution in [3.05, 3.63) is 64.7 Å². The molecule has 0 saturated heterocycles. The van der Waals surface area contributed by atoms with Gasteiger partial charge in [0.05, 0.1) is 33.1 Å². The number of aryl methyl sites for hydroxylation is 1. The van der Waals surface area contributed by atoms with Crippen LogP contribution in [0.2, 0.25) is 0 Å². The Morgan fingerprint density at radius 3 is 2.41 bits per heavy atom. The second-order valence-electron chi connectivity index (χ2n) is 6.20. The van der Waals surface area contributed by atoms with Crippen molar-refractivity contribution >= 4 is 34.5 Å². The van der Waals surface area contributed by atoms with Gasteiger partial charge >= 0.3 is 6.18 Å². The summed E-state index contributed by atoms with van der Waals surface area (Å²) in [6.45, 7) is 2.81. The standard InChI is InChI=1S/C20H16F3N3O2S/c1-11-14(6-8-17(24-11)18-4-3-9-29-18)19(28)26-16-7-5-13(25-12(2)27)10-15(16)20(21,22)23/h3-10H,1-2H3,(H,25,27)(H,26,28). The number of amides is 2. The Balaban J connectivity index is 1.89. The number of rotatable bonds is 4. The maximum atomic E-state index is 13.4. The van der Waals surface area contributed by atoms with Crippen LogP contribution < -0.4 is 10.6 Å². The molecule has 9 heteroatoms. The van der Waals surface area contributed by atoms with Gasteiger partial charge in [0.15, 0.2) is 0 Å². The first-order valence-electron chi connectivity index (χ1n) is 8.47. The highest BCUT2D eigenvalue weighted by Gasteiger charge is 2.34. The predicted octanol–water partition coefficient (Wildman–Crippen LogP) is 5.35. The summed E-state index contributed by atoms with van der Waals surface area (Å²) in [7, 11) is 0. The molecule has 0 unspecified atom stereocenters. The molecule has 0 radical (unpaired) electrons. The minimum Gasteiger partial charge on any atom is -0.326 e. The molecule has 1 aromatic carbocycles. The van der Waals surface area contributed by atoms with E-state index in [0.29, 0.717) is 11.4 Å². The quantitative estimate of drug-likeness (QED) is 0.599. The van der Waals surface area contributed by atoms with Gasteiger partial charge in [0.1, 0.15) is 0 Å². The van der Waals surface area contributed by atoms with Gasteiger partial charge < -0.3 is 10.6 Å². The number of hydrogen-bond acceptors (Lipinski definition) is 4. The van der Waals surface area contributed by atoms with Crippen LogP contribution in [0.15, 0.2) is 47.8 Å². The van der Waals surface area contributed by atoms with Crippen molar-refractivity contribution in [2.24, 2.45) is 0 Å². The van der Waals surface area contributed by atoms with E-state index in [1.165, 1.54) is 30.4 Å². The third-order valence-electron chi connectivity index (χ3n) is 4.00. The summed E-state index contributed by atoms with van der Waals surface area (Å²) >= 11 is 1.49. The minimum atomic E-state index is -4.71. The Bertz CT molecular complexity index is 1060. The smallest absolute Gasteiger partial charge is 0.326 e.